The molecule has 1 aromatic heterocycles. The number of aromatic nitrogens is 2. The zero-order chi connectivity index (χ0) is 18.9. The topological polar surface area (TPSA) is 73.2 Å². The molecule has 0 unspecified atom stereocenters. The number of hydrogen-bond donors (Lipinski definition) is 1. The highest BCUT2D eigenvalue weighted by molar-refractivity contribution is 7.89. The molecule has 2 atom stereocenters. The second-order valence-corrected chi connectivity index (χ2v) is 9.53. The third-order valence-corrected chi connectivity index (χ3v) is 7.06. The highest BCUT2D eigenvalue weighted by Crippen LogP contribution is 2.44. The zero-order valence-corrected chi connectivity index (χ0v) is 16.0. The van der Waals surface area contributed by atoms with Gasteiger partial charge in [0.25, 0.3) is 0 Å². The number of rotatable bonds is 7. The summed E-state index contributed by atoms with van der Waals surface area (Å²) >= 11 is 0. The van der Waals surface area contributed by atoms with Crippen LogP contribution in [0.2, 0.25) is 0 Å². The van der Waals surface area contributed by atoms with Crippen LogP contribution in [0.3, 0.4) is 0 Å². The predicted molar refractivity (Wildman–Crippen MR) is 93.5 cm³/mol. The van der Waals surface area contributed by atoms with E-state index in [4.69, 9.17) is 4.74 Å². The summed E-state index contributed by atoms with van der Waals surface area (Å²) in [6.45, 7) is 4.42. The molecular formula is C17H27F2N3O3S. The van der Waals surface area contributed by atoms with Crippen molar-refractivity contribution in [2.45, 2.75) is 70.6 Å². The van der Waals surface area contributed by atoms with Crippen molar-refractivity contribution in [1.82, 2.24) is 14.5 Å². The smallest absolute Gasteiger partial charge is 0.245 e. The number of halogens is 2. The molecule has 9 heteroatoms. The molecule has 6 nitrogen and oxygen atoms in total. The lowest BCUT2D eigenvalue weighted by atomic mass is 9.89. The molecule has 26 heavy (non-hydrogen) atoms. The molecular weight excluding hydrogens is 364 g/mol. The lowest BCUT2D eigenvalue weighted by molar-refractivity contribution is 0.0139. The largest absolute Gasteiger partial charge is 0.372 e. The van der Waals surface area contributed by atoms with Crippen LogP contribution in [-0.2, 0) is 14.8 Å². The molecule has 1 N–H and O–H groups in total. The van der Waals surface area contributed by atoms with Crippen molar-refractivity contribution >= 4 is 10.0 Å². The minimum absolute atomic E-state index is 0.188. The van der Waals surface area contributed by atoms with Gasteiger partial charge in [-0.25, -0.2) is 21.9 Å². The Morgan fingerprint density at radius 1 is 1.38 bits per heavy atom. The summed E-state index contributed by atoms with van der Waals surface area (Å²) in [6, 6.07) is -0.269. The monoisotopic (exact) mass is 391 g/mol. The summed E-state index contributed by atoms with van der Waals surface area (Å²) in [5.74, 6) is -0.522. The van der Waals surface area contributed by atoms with Crippen LogP contribution in [0.4, 0.5) is 8.78 Å². The predicted octanol–water partition coefficient (Wildman–Crippen LogP) is 3.04. The fraction of sp³-hybridized carbons (Fsp3) is 0.824. The van der Waals surface area contributed by atoms with E-state index in [9.17, 15) is 17.2 Å². The maximum atomic E-state index is 13.5. The van der Waals surface area contributed by atoms with Crippen molar-refractivity contribution in [1.29, 1.82) is 0 Å². The van der Waals surface area contributed by atoms with Crippen LogP contribution < -0.4 is 4.72 Å². The molecule has 1 saturated heterocycles. The normalized spacial score (nSPS) is 26.2. The Labute approximate surface area is 153 Å². The molecule has 1 aliphatic carbocycles. The van der Waals surface area contributed by atoms with Gasteiger partial charge in [-0.3, -0.25) is 4.68 Å². The molecule has 2 heterocycles. The van der Waals surface area contributed by atoms with Crippen LogP contribution >= 0.6 is 0 Å². The van der Waals surface area contributed by atoms with E-state index in [-0.39, 0.29) is 18.9 Å². The standard InChI is InChI=1S/C17H27F2N3O3S/c1-12(2)22-10-13(9-20-22)15-14(5-8-25-15)21-26(23,24)11-17(16(18)19)6-3-4-7-17/h9-10,12,14-16,21H,3-8,11H2,1-2H3/t14-,15+/m1/s1. The average molecular weight is 391 g/mol. The Hall–Kier alpha value is -1.06. The number of nitrogens with one attached hydrogen (secondary N) is 1. The van der Waals surface area contributed by atoms with Gasteiger partial charge in [-0.15, -0.1) is 0 Å². The summed E-state index contributed by atoms with van der Waals surface area (Å²) in [5.41, 5.74) is -0.614. The van der Waals surface area contributed by atoms with Gasteiger partial charge >= 0.3 is 0 Å². The van der Waals surface area contributed by atoms with Crippen LogP contribution in [0.15, 0.2) is 12.4 Å². The van der Waals surface area contributed by atoms with E-state index in [0.29, 0.717) is 25.9 Å². The van der Waals surface area contributed by atoms with E-state index < -0.39 is 39.8 Å². The molecule has 148 valence electrons. The minimum Gasteiger partial charge on any atom is -0.372 e. The van der Waals surface area contributed by atoms with Crippen LogP contribution in [0.25, 0.3) is 0 Å². The third-order valence-electron chi connectivity index (χ3n) is 5.44. The average Bonchev–Trinajstić information content (AvgIpc) is 3.25. The van der Waals surface area contributed by atoms with Gasteiger partial charge < -0.3 is 4.74 Å². The van der Waals surface area contributed by atoms with Gasteiger partial charge in [0.1, 0.15) is 6.10 Å². The zero-order valence-electron chi connectivity index (χ0n) is 15.2. The number of nitrogens with zero attached hydrogens (tertiary/aromatic N) is 2. The second kappa shape index (κ2) is 7.52. The fourth-order valence-corrected chi connectivity index (χ4v) is 5.93. The molecule has 2 aliphatic rings. The van der Waals surface area contributed by atoms with Gasteiger partial charge in [-0.2, -0.15) is 5.10 Å². The van der Waals surface area contributed by atoms with Gasteiger partial charge in [0, 0.05) is 29.8 Å². The summed E-state index contributed by atoms with van der Waals surface area (Å²) in [4.78, 5) is 0. The molecule has 0 bridgehead atoms. The molecule has 0 radical (unpaired) electrons. The third kappa shape index (κ3) is 4.09. The van der Waals surface area contributed by atoms with Crippen LogP contribution in [0.1, 0.15) is 63.7 Å². The Morgan fingerprint density at radius 2 is 2.08 bits per heavy atom. The summed E-state index contributed by atoms with van der Waals surface area (Å²) < 4.78 is 62.4. The van der Waals surface area contributed by atoms with Crippen molar-refractivity contribution in [3.63, 3.8) is 0 Å². The number of ether oxygens (including phenoxy) is 1. The van der Waals surface area contributed by atoms with Gasteiger partial charge in [-0.05, 0) is 33.1 Å². The summed E-state index contributed by atoms with van der Waals surface area (Å²) in [6.07, 6.45) is 2.80. The first-order valence-electron chi connectivity index (χ1n) is 9.16. The molecule has 0 spiro atoms. The Kier molecular flexibility index (Phi) is 5.69. The van der Waals surface area contributed by atoms with Gasteiger partial charge in [0.15, 0.2) is 0 Å². The van der Waals surface area contributed by atoms with Gasteiger partial charge in [-0.1, -0.05) is 12.8 Å². The molecule has 2 fully saturated rings. The first-order valence-corrected chi connectivity index (χ1v) is 10.8. The molecule has 0 amide bonds. The number of sulfonamides is 1. The highest BCUT2D eigenvalue weighted by Gasteiger charge is 2.46. The number of alkyl halides is 2. The number of hydrogen-bond acceptors (Lipinski definition) is 4. The Balaban J connectivity index is 1.71. The quantitative estimate of drug-likeness (QED) is 0.775. The van der Waals surface area contributed by atoms with Crippen LogP contribution in [-0.4, -0.2) is 43.0 Å². The highest BCUT2D eigenvalue weighted by atomic mass is 32.2. The van der Waals surface area contributed by atoms with Gasteiger partial charge in [0.05, 0.1) is 18.0 Å². The van der Waals surface area contributed by atoms with E-state index in [2.05, 4.69) is 9.82 Å². The van der Waals surface area contributed by atoms with E-state index in [0.717, 1.165) is 5.56 Å². The van der Waals surface area contributed by atoms with Crippen LogP contribution in [0.5, 0.6) is 0 Å². The summed E-state index contributed by atoms with van der Waals surface area (Å²) in [7, 11) is -3.84. The SMILES string of the molecule is CC(C)n1cc([C@@H]2OCC[C@H]2NS(=O)(=O)CC2(C(F)F)CCCC2)cn1. The van der Waals surface area contributed by atoms with E-state index in [1.165, 1.54) is 0 Å². The minimum atomic E-state index is -3.84. The maximum absolute atomic E-state index is 13.5. The van der Waals surface area contributed by atoms with Crippen molar-refractivity contribution in [3.05, 3.63) is 18.0 Å². The van der Waals surface area contributed by atoms with Crippen molar-refractivity contribution in [3.8, 4) is 0 Å². The molecule has 1 aliphatic heterocycles. The Morgan fingerprint density at radius 3 is 2.65 bits per heavy atom. The first kappa shape index (κ1) is 19.7. The Bertz CT molecular complexity index is 715. The molecule has 0 aromatic carbocycles. The summed E-state index contributed by atoms with van der Waals surface area (Å²) in [5, 5.41) is 4.27. The van der Waals surface area contributed by atoms with Gasteiger partial charge in [0.2, 0.25) is 16.4 Å². The first-order chi connectivity index (χ1) is 12.2. The lowest BCUT2D eigenvalue weighted by Crippen LogP contribution is -2.44. The van der Waals surface area contributed by atoms with E-state index >= 15 is 0 Å². The lowest BCUT2D eigenvalue weighted by Gasteiger charge is -2.29. The molecule has 3 rings (SSSR count). The molecule has 1 aromatic rings. The van der Waals surface area contributed by atoms with Crippen molar-refractivity contribution in [2.24, 2.45) is 5.41 Å². The van der Waals surface area contributed by atoms with E-state index in [1.54, 1.807) is 10.9 Å². The van der Waals surface area contributed by atoms with E-state index in [1.807, 2.05) is 20.0 Å². The van der Waals surface area contributed by atoms with Crippen molar-refractivity contribution < 1.29 is 21.9 Å². The van der Waals surface area contributed by atoms with Crippen molar-refractivity contribution in [2.75, 3.05) is 12.4 Å². The fourth-order valence-electron chi connectivity index (χ4n) is 3.98. The second-order valence-electron chi connectivity index (χ2n) is 7.78. The molecule has 1 saturated carbocycles. The van der Waals surface area contributed by atoms with Crippen LogP contribution in [0, 0.1) is 5.41 Å². The maximum Gasteiger partial charge on any atom is 0.245 e.